The first kappa shape index (κ1) is 9.64. The molecule has 0 fully saturated rings. The van der Waals surface area contributed by atoms with Crippen LogP contribution in [-0.2, 0) is 0 Å². The quantitative estimate of drug-likeness (QED) is 0.516. The van der Waals surface area contributed by atoms with Crippen LogP contribution in [0.4, 0.5) is 0 Å². The van der Waals surface area contributed by atoms with E-state index in [1.54, 1.807) is 11.3 Å². The van der Waals surface area contributed by atoms with Gasteiger partial charge in [0, 0.05) is 19.9 Å². The Bertz CT molecular complexity index is 657. The molecule has 0 saturated carbocycles. The van der Waals surface area contributed by atoms with E-state index in [-0.39, 0.29) is 0 Å². The van der Waals surface area contributed by atoms with Crippen molar-refractivity contribution in [2.45, 2.75) is 0 Å². The summed E-state index contributed by atoms with van der Waals surface area (Å²) in [5.41, 5.74) is 0. The van der Waals surface area contributed by atoms with Crippen LogP contribution < -0.4 is 0 Å². The minimum Gasteiger partial charge on any atom is -0.134 e. The van der Waals surface area contributed by atoms with Crippen molar-refractivity contribution in [1.29, 1.82) is 0 Å². The second-order valence-corrected chi connectivity index (χ2v) is 5.65. The van der Waals surface area contributed by atoms with E-state index >= 15 is 0 Å². The molecule has 3 rings (SSSR count). The molecule has 1 heterocycles. The molecule has 0 aliphatic heterocycles. The summed E-state index contributed by atoms with van der Waals surface area (Å²) >= 11 is 11.5. The van der Waals surface area contributed by atoms with Crippen LogP contribution in [0.2, 0.25) is 5.02 Å². The highest BCUT2D eigenvalue weighted by atomic mass is 79.9. The zero-order valence-corrected chi connectivity index (χ0v) is 10.8. The van der Waals surface area contributed by atoms with Gasteiger partial charge < -0.3 is 0 Å². The lowest BCUT2D eigenvalue weighted by Crippen LogP contribution is -1.68. The monoisotopic (exact) mass is 296 g/mol. The Labute approximate surface area is 105 Å². The minimum atomic E-state index is 0.834. The van der Waals surface area contributed by atoms with Gasteiger partial charge in [-0.2, -0.15) is 0 Å². The summed E-state index contributed by atoms with van der Waals surface area (Å²) in [6.07, 6.45) is 0. The summed E-state index contributed by atoms with van der Waals surface area (Å²) < 4.78 is 3.57. The predicted molar refractivity (Wildman–Crippen MR) is 72.0 cm³/mol. The number of benzene rings is 2. The van der Waals surface area contributed by atoms with E-state index in [4.69, 9.17) is 11.6 Å². The Morgan fingerprint density at radius 2 is 1.87 bits per heavy atom. The molecule has 0 atom stereocenters. The second-order valence-electron chi connectivity index (χ2n) is 3.33. The standard InChI is InChI=1S/C12H6BrClS/c13-8-4-2-6-10-11(8)7-3-1-5-9(14)12(7)15-10/h1-6H. The Balaban J connectivity index is 2.65. The van der Waals surface area contributed by atoms with E-state index in [9.17, 15) is 0 Å². The summed E-state index contributed by atoms with van der Waals surface area (Å²) in [6, 6.07) is 12.3. The summed E-state index contributed by atoms with van der Waals surface area (Å²) in [7, 11) is 0. The molecule has 0 spiro atoms. The largest absolute Gasteiger partial charge is 0.134 e. The number of fused-ring (bicyclic) bond motifs is 3. The number of hydrogen-bond acceptors (Lipinski definition) is 1. The predicted octanol–water partition coefficient (Wildman–Crippen LogP) is 5.47. The van der Waals surface area contributed by atoms with Crippen LogP contribution in [0.1, 0.15) is 0 Å². The first-order valence-electron chi connectivity index (χ1n) is 4.52. The van der Waals surface area contributed by atoms with Crippen LogP contribution in [0.15, 0.2) is 40.9 Å². The van der Waals surface area contributed by atoms with Crippen molar-refractivity contribution in [3.8, 4) is 0 Å². The molecule has 3 aromatic rings. The molecule has 0 amide bonds. The molecule has 0 radical (unpaired) electrons. The topological polar surface area (TPSA) is 0 Å². The fourth-order valence-corrected chi connectivity index (χ4v) is 3.91. The molecule has 74 valence electrons. The van der Waals surface area contributed by atoms with Crippen molar-refractivity contribution in [1.82, 2.24) is 0 Å². The van der Waals surface area contributed by atoms with Gasteiger partial charge in [-0.25, -0.2) is 0 Å². The van der Waals surface area contributed by atoms with Crippen molar-refractivity contribution >= 4 is 59.0 Å². The van der Waals surface area contributed by atoms with Gasteiger partial charge in [-0.05, 0) is 18.2 Å². The summed E-state index contributed by atoms with van der Waals surface area (Å²) in [5, 5.41) is 3.33. The number of halogens is 2. The zero-order chi connectivity index (χ0) is 10.4. The maximum Gasteiger partial charge on any atom is 0.0584 e. The highest BCUT2D eigenvalue weighted by Crippen LogP contribution is 2.40. The Morgan fingerprint density at radius 1 is 1.07 bits per heavy atom. The fraction of sp³-hybridized carbons (Fsp3) is 0. The van der Waals surface area contributed by atoms with Crippen LogP contribution in [0, 0.1) is 0 Å². The molecular formula is C12H6BrClS. The van der Waals surface area contributed by atoms with Crippen molar-refractivity contribution in [2.75, 3.05) is 0 Å². The normalized spacial score (nSPS) is 11.3. The molecule has 0 aliphatic carbocycles. The van der Waals surface area contributed by atoms with Crippen LogP contribution in [0.5, 0.6) is 0 Å². The zero-order valence-electron chi connectivity index (χ0n) is 7.63. The average Bonchev–Trinajstić information content (AvgIpc) is 2.59. The molecule has 0 nitrogen and oxygen atoms in total. The van der Waals surface area contributed by atoms with E-state index in [1.165, 1.54) is 20.2 Å². The molecule has 0 aliphatic rings. The van der Waals surface area contributed by atoms with Gasteiger partial charge in [0.25, 0.3) is 0 Å². The Morgan fingerprint density at radius 3 is 2.73 bits per heavy atom. The van der Waals surface area contributed by atoms with Crippen LogP contribution >= 0.6 is 38.9 Å². The third kappa shape index (κ3) is 1.40. The molecule has 0 saturated heterocycles. The minimum absolute atomic E-state index is 0.834. The summed E-state index contributed by atoms with van der Waals surface area (Å²) in [4.78, 5) is 0. The fourth-order valence-electron chi connectivity index (χ4n) is 1.77. The Kier molecular flexibility index (Phi) is 2.23. The Hall–Kier alpha value is -0.570. The van der Waals surface area contributed by atoms with Crippen molar-refractivity contribution in [3.63, 3.8) is 0 Å². The van der Waals surface area contributed by atoms with Gasteiger partial charge in [-0.3, -0.25) is 0 Å². The van der Waals surface area contributed by atoms with Crippen molar-refractivity contribution < 1.29 is 0 Å². The molecule has 0 unspecified atom stereocenters. The summed E-state index contributed by atoms with van der Waals surface area (Å²) in [6.45, 7) is 0. The van der Waals surface area contributed by atoms with Gasteiger partial charge in [0.05, 0.1) is 9.72 Å². The second kappa shape index (κ2) is 3.48. The first-order chi connectivity index (χ1) is 7.27. The average molecular weight is 298 g/mol. The van der Waals surface area contributed by atoms with Gasteiger partial charge in [-0.15, -0.1) is 11.3 Å². The van der Waals surface area contributed by atoms with E-state index in [0.29, 0.717) is 0 Å². The smallest absolute Gasteiger partial charge is 0.0584 e. The van der Waals surface area contributed by atoms with Crippen molar-refractivity contribution in [2.24, 2.45) is 0 Å². The molecular weight excluding hydrogens is 292 g/mol. The van der Waals surface area contributed by atoms with Gasteiger partial charge in [0.15, 0.2) is 0 Å². The third-order valence-electron chi connectivity index (χ3n) is 2.42. The molecule has 0 N–H and O–H groups in total. The lowest BCUT2D eigenvalue weighted by atomic mass is 10.1. The summed E-state index contributed by atoms with van der Waals surface area (Å²) in [5.74, 6) is 0. The third-order valence-corrected chi connectivity index (χ3v) is 4.72. The van der Waals surface area contributed by atoms with E-state index < -0.39 is 0 Å². The van der Waals surface area contributed by atoms with Crippen LogP contribution in [0.25, 0.3) is 20.2 Å². The molecule has 15 heavy (non-hydrogen) atoms. The highest BCUT2D eigenvalue weighted by molar-refractivity contribution is 9.10. The number of thiophene rings is 1. The van der Waals surface area contributed by atoms with Gasteiger partial charge in [-0.1, -0.05) is 45.7 Å². The van der Waals surface area contributed by atoms with E-state index in [1.807, 2.05) is 12.1 Å². The highest BCUT2D eigenvalue weighted by Gasteiger charge is 2.09. The molecule has 0 bridgehead atoms. The van der Waals surface area contributed by atoms with Gasteiger partial charge in [0.1, 0.15) is 0 Å². The maximum absolute atomic E-state index is 6.18. The molecule has 1 aromatic heterocycles. The molecule has 2 aromatic carbocycles. The van der Waals surface area contributed by atoms with Crippen LogP contribution in [0.3, 0.4) is 0 Å². The SMILES string of the molecule is Clc1cccc2c1sc1cccc(Br)c12. The van der Waals surface area contributed by atoms with Gasteiger partial charge >= 0.3 is 0 Å². The number of hydrogen-bond donors (Lipinski definition) is 0. The van der Waals surface area contributed by atoms with Crippen LogP contribution in [-0.4, -0.2) is 0 Å². The number of rotatable bonds is 0. The van der Waals surface area contributed by atoms with E-state index in [0.717, 1.165) is 9.50 Å². The lowest BCUT2D eigenvalue weighted by Gasteiger charge is -1.95. The first-order valence-corrected chi connectivity index (χ1v) is 6.51. The van der Waals surface area contributed by atoms with Gasteiger partial charge in [0.2, 0.25) is 0 Å². The van der Waals surface area contributed by atoms with E-state index in [2.05, 4.69) is 40.2 Å². The van der Waals surface area contributed by atoms with Crippen molar-refractivity contribution in [3.05, 3.63) is 45.9 Å². The lowest BCUT2D eigenvalue weighted by molar-refractivity contribution is 1.79. The molecule has 3 heteroatoms. The maximum atomic E-state index is 6.18.